The third kappa shape index (κ3) is 4.75. The van der Waals surface area contributed by atoms with Crippen molar-refractivity contribution in [3.63, 3.8) is 0 Å². The summed E-state index contributed by atoms with van der Waals surface area (Å²) in [6, 6.07) is 2.01. The van der Waals surface area contributed by atoms with Crippen LogP contribution in [0.4, 0.5) is 22.4 Å². The van der Waals surface area contributed by atoms with Gasteiger partial charge in [0.25, 0.3) is 0 Å². The summed E-state index contributed by atoms with van der Waals surface area (Å²) in [6.07, 6.45) is -5.31. The summed E-state index contributed by atoms with van der Waals surface area (Å²) < 4.78 is 62.3. The highest BCUT2D eigenvalue weighted by Crippen LogP contribution is 2.33. The Kier molecular flexibility index (Phi) is 4.96. The molecule has 0 spiro atoms. The Balaban J connectivity index is 2.02. The first-order valence-electron chi connectivity index (χ1n) is 7.47. The number of amides is 1. The summed E-state index contributed by atoms with van der Waals surface area (Å²) >= 11 is 0. The fourth-order valence-electron chi connectivity index (χ4n) is 2.27. The number of ether oxygens (including phenoxy) is 2. The van der Waals surface area contributed by atoms with Crippen LogP contribution in [0.5, 0.6) is 5.75 Å². The highest BCUT2D eigenvalue weighted by atomic mass is 19.4. The van der Waals surface area contributed by atoms with Crippen LogP contribution < -0.4 is 4.74 Å². The molecule has 4 nitrogen and oxygen atoms in total. The van der Waals surface area contributed by atoms with Gasteiger partial charge in [0, 0.05) is 13.0 Å². The van der Waals surface area contributed by atoms with Gasteiger partial charge in [0.1, 0.15) is 11.7 Å². The number of likely N-dealkylation sites (tertiary alicyclic amines) is 1. The zero-order valence-electron chi connectivity index (χ0n) is 13.6. The molecule has 1 aromatic rings. The lowest BCUT2D eigenvalue weighted by Gasteiger charge is -2.24. The Morgan fingerprint density at radius 1 is 1.25 bits per heavy atom. The van der Waals surface area contributed by atoms with Gasteiger partial charge in [-0.1, -0.05) is 0 Å². The molecule has 0 aromatic heterocycles. The van der Waals surface area contributed by atoms with Gasteiger partial charge >= 0.3 is 12.3 Å². The summed E-state index contributed by atoms with van der Waals surface area (Å²) in [7, 11) is 0. The lowest BCUT2D eigenvalue weighted by molar-refractivity contribution is -0.137. The van der Waals surface area contributed by atoms with E-state index >= 15 is 0 Å². The van der Waals surface area contributed by atoms with Crippen LogP contribution in [-0.4, -0.2) is 35.8 Å². The third-order valence-electron chi connectivity index (χ3n) is 3.35. The van der Waals surface area contributed by atoms with E-state index in [2.05, 4.69) is 0 Å². The number of rotatable bonds is 2. The Morgan fingerprint density at radius 2 is 1.92 bits per heavy atom. The second-order valence-electron chi connectivity index (χ2n) is 6.60. The van der Waals surface area contributed by atoms with Crippen molar-refractivity contribution in [2.75, 3.05) is 13.1 Å². The van der Waals surface area contributed by atoms with Crippen molar-refractivity contribution in [2.45, 2.75) is 45.1 Å². The number of nitrogens with zero attached hydrogens (tertiary/aromatic N) is 1. The van der Waals surface area contributed by atoms with E-state index in [4.69, 9.17) is 9.47 Å². The normalized spacial score (nSPS) is 18.6. The predicted molar refractivity (Wildman–Crippen MR) is 78.2 cm³/mol. The average molecular weight is 349 g/mol. The van der Waals surface area contributed by atoms with Gasteiger partial charge in [0.15, 0.2) is 11.6 Å². The molecule has 1 fully saturated rings. The molecule has 1 saturated heterocycles. The number of carbonyl (C=O) groups excluding carboxylic acids is 1. The molecule has 1 aromatic carbocycles. The molecule has 1 amide bonds. The van der Waals surface area contributed by atoms with Crippen molar-refractivity contribution in [3.05, 3.63) is 29.6 Å². The van der Waals surface area contributed by atoms with Crippen LogP contribution in [0.25, 0.3) is 0 Å². The van der Waals surface area contributed by atoms with Crippen LogP contribution in [0.3, 0.4) is 0 Å². The Morgan fingerprint density at radius 3 is 2.50 bits per heavy atom. The van der Waals surface area contributed by atoms with Gasteiger partial charge in [-0.05, 0) is 39.0 Å². The molecule has 0 radical (unpaired) electrons. The van der Waals surface area contributed by atoms with Gasteiger partial charge in [0.2, 0.25) is 0 Å². The van der Waals surface area contributed by atoms with Crippen molar-refractivity contribution in [1.29, 1.82) is 0 Å². The Labute approximate surface area is 137 Å². The Bertz CT molecular complexity index is 610. The minimum absolute atomic E-state index is 0.130. The summed E-state index contributed by atoms with van der Waals surface area (Å²) in [5, 5.41) is 0. The number of benzene rings is 1. The van der Waals surface area contributed by atoms with E-state index < -0.39 is 41.1 Å². The molecule has 24 heavy (non-hydrogen) atoms. The maximum Gasteiger partial charge on any atom is 0.416 e. The lowest BCUT2D eigenvalue weighted by atomic mass is 10.2. The molecule has 1 aliphatic heterocycles. The van der Waals surface area contributed by atoms with Crippen LogP contribution >= 0.6 is 0 Å². The lowest BCUT2D eigenvalue weighted by Crippen LogP contribution is -2.36. The number of hydrogen-bond acceptors (Lipinski definition) is 3. The number of carbonyl (C=O) groups is 1. The standard InChI is InChI=1S/C16H19F4NO3/c1-15(2,3)24-14(22)21-7-6-11(9-21)23-13-8-10(16(18,19)20)4-5-12(13)17/h4-5,8,11H,6-7,9H2,1-3H3. The van der Waals surface area contributed by atoms with Crippen molar-refractivity contribution in [2.24, 2.45) is 0 Å². The molecule has 0 N–H and O–H groups in total. The summed E-state index contributed by atoms with van der Waals surface area (Å²) in [6.45, 7) is 5.65. The van der Waals surface area contributed by atoms with Crippen LogP contribution in [0, 0.1) is 5.82 Å². The molecule has 1 atom stereocenters. The average Bonchev–Trinajstić information content (AvgIpc) is 2.87. The zero-order chi connectivity index (χ0) is 18.1. The summed E-state index contributed by atoms with van der Waals surface area (Å²) in [4.78, 5) is 13.3. The van der Waals surface area contributed by atoms with E-state index in [-0.39, 0.29) is 6.54 Å². The van der Waals surface area contributed by atoms with Gasteiger partial charge in [-0.3, -0.25) is 0 Å². The number of alkyl halides is 3. The van der Waals surface area contributed by atoms with Gasteiger partial charge in [-0.25, -0.2) is 9.18 Å². The molecule has 0 saturated carbocycles. The molecule has 2 rings (SSSR count). The number of halogens is 4. The van der Waals surface area contributed by atoms with Gasteiger partial charge in [-0.15, -0.1) is 0 Å². The fraction of sp³-hybridized carbons (Fsp3) is 0.562. The first kappa shape index (κ1) is 18.4. The van der Waals surface area contributed by atoms with E-state index in [1.54, 1.807) is 20.8 Å². The zero-order valence-corrected chi connectivity index (χ0v) is 13.6. The molecule has 134 valence electrons. The Hall–Kier alpha value is -1.99. The van der Waals surface area contributed by atoms with E-state index in [9.17, 15) is 22.4 Å². The van der Waals surface area contributed by atoms with Gasteiger partial charge in [-0.2, -0.15) is 13.2 Å². The van der Waals surface area contributed by atoms with Gasteiger partial charge in [0.05, 0.1) is 12.1 Å². The van der Waals surface area contributed by atoms with Crippen molar-refractivity contribution in [1.82, 2.24) is 4.90 Å². The third-order valence-corrected chi connectivity index (χ3v) is 3.35. The molecule has 1 heterocycles. The largest absolute Gasteiger partial charge is 0.485 e. The second-order valence-corrected chi connectivity index (χ2v) is 6.60. The molecule has 0 bridgehead atoms. The predicted octanol–water partition coefficient (Wildman–Crippen LogP) is 4.23. The van der Waals surface area contributed by atoms with Gasteiger partial charge < -0.3 is 14.4 Å². The smallest absolute Gasteiger partial charge is 0.416 e. The van der Waals surface area contributed by atoms with Crippen molar-refractivity contribution >= 4 is 6.09 Å². The number of hydrogen-bond donors (Lipinski definition) is 0. The van der Waals surface area contributed by atoms with E-state index in [1.165, 1.54) is 4.90 Å². The highest BCUT2D eigenvalue weighted by Gasteiger charge is 2.34. The van der Waals surface area contributed by atoms with E-state index in [0.717, 1.165) is 6.07 Å². The maximum atomic E-state index is 13.7. The van der Waals surface area contributed by atoms with Crippen molar-refractivity contribution in [3.8, 4) is 5.75 Å². The molecule has 8 heteroatoms. The molecule has 1 unspecified atom stereocenters. The fourth-order valence-corrected chi connectivity index (χ4v) is 2.27. The first-order chi connectivity index (χ1) is 11.0. The molecular weight excluding hydrogens is 330 g/mol. The van der Waals surface area contributed by atoms with Crippen LogP contribution in [0.2, 0.25) is 0 Å². The maximum absolute atomic E-state index is 13.7. The molecular formula is C16H19F4NO3. The SMILES string of the molecule is CC(C)(C)OC(=O)N1CCC(Oc2cc(C(F)(F)F)ccc2F)C1. The van der Waals surface area contributed by atoms with E-state index in [0.29, 0.717) is 25.1 Å². The first-order valence-corrected chi connectivity index (χ1v) is 7.47. The monoisotopic (exact) mass is 349 g/mol. The van der Waals surface area contributed by atoms with Crippen LogP contribution in [0.15, 0.2) is 18.2 Å². The quantitative estimate of drug-likeness (QED) is 0.750. The summed E-state index contributed by atoms with van der Waals surface area (Å²) in [5.41, 5.74) is -1.63. The summed E-state index contributed by atoms with van der Waals surface area (Å²) in [5.74, 6) is -1.35. The second kappa shape index (κ2) is 6.49. The van der Waals surface area contributed by atoms with Crippen molar-refractivity contribution < 1.29 is 31.8 Å². The highest BCUT2D eigenvalue weighted by molar-refractivity contribution is 5.68. The topological polar surface area (TPSA) is 38.8 Å². The van der Waals surface area contributed by atoms with E-state index in [1.807, 2.05) is 0 Å². The van der Waals surface area contributed by atoms with Crippen LogP contribution in [0.1, 0.15) is 32.8 Å². The molecule has 0 aliphatic carbocycles. The minimum Gasteiger partial charge on any atom is -0.485 e. The van der Waals surface area contributed by atoms with Crippen LogP contribution in [-0.2, 0) is 10.9 Å². The molecule has 1 aliphatic rings. The minimum atomic E-state index is -4.58.